The van der Waals surface area contributed by atoms with Crippen molar-refractivity contribution in [3.05, 3.63) is 176 Å². The standard InChI is InChI=1S/C60H66Br2F4N12O7S2/c1-6-84-59(82)48-44(27-35-11-12-36(63)28-40(35)61)73-53(57-70-20-25-86-57)74-45(48)31-67-17-8-22-78(24-10-19-69-56(81)52(79)47-33(3)51(77(5)34(47)4)55(80)72-38-14-16-42(65)43(66)30-38)23-9-18-68-32-46-49(60(83)85-7-2)50(39-15-13-37(64)29-41(39)62)76-54(75-46)58-71-21-26-87-58/h11-16,20-21,25-26,28-30,44,50,55,67-68,72,80H,6-10,17-19,22-24,27,31-32H2,1-5H3,(H,69,81)(H,73,74)(H,75,76). The zero-order chi connectivity index (χ0) is 62.3. The van der Waals surface area contributed by atoms with Crippen molar-refractivity contribution in [2.75, 3.05) is 70.9 Å². The van der Waals surface area contributed by atoms with Crippen LogP contribution < -0.4 is 31.9 Å². The molecule has 19 nitrogen and oxygen atoms in total. The summed E-state index contributed by atoms with van der Waals surface area (Å²) in [5.74, 6) is -4.85. The number of benzene rings is 3. The molecule has 3 aromatic heterocycles. The smallest absolute Gasteiger partial charge is 0.338 e. The van der Waals surface area contributed by atoms with E-state index >= 15 is 0 Å². The Morgan fingerprint density at radius 2 is 1.32 bits per heavy atom. The fraction of sp³-hybridized carbons (Fsp3) is 0.367. The summed E-state index contributed by atoms with van der Waals surface area (Å²) in [4.78, 5) is 75.9. The SMILES string of the molecule is CCOC(=O)C1=C(CNCCCN(CCCNCC2=C(C(=O)OCC)C(c3ccc(F)cc3Br)N=C(c3nccs3)N2)CCCNC(=O)C(=O)c2c(C)c(C(O)Nc3ccc(F)c(F)c3)n(C)c2C)NC(c2nccs2)=NC1Cc1ccc(F)cc1Br. The number of amides is 1. The molecule has 2 aliphatic rings. The number of aromatic nitrogens is 3. The van der Waals surface area contributed by atoms with Crippen LogP contribution >= 0.6 is 54.5 Å². The number of amidine groups is 2. The predicted octanol–water partition coefficient (Wildman–Crippen LogP) is 8.78. The maximum Gasteiger partial charge on any atom is 0.338 e. The van der Waals surface area contributed by atoms with Crippen LogP contribution in [-0.4, -0.2) is 131 Å². The molecule has 0 radical (unpaired) electrons. The third-order valence-electron chi connectivity index (χ3n) is 14.4. The van der Waals surface area contributed by atoms with Crippen LogP contribution in [0.3, 0.4) is 0 Å². The van der Waals surface area contributed by atoms with Crippen LogP contribution in [0.25, 0.3) is 0 Å². The summed E-state index contributed by atoms with van der Waals surface area (Å²) in [6.07, 6.45) is 3.89. The quantitative estimate of drug-likeness (QED) is 0.00557. The van der Waals surface area contributed by atoms with Gasteiger partial charge >= 0.3 is 11.9 Å². The maximum absolute atomic E-state index is 14.4. The van der Waals surface area contributed by atoms with Gasteiger partial charge in [0.05, 0.1) is 41.7 Å². The van der Waals surface area contributed by atoms with E-state index in [0.29, 0.717) is 116 Å². The van der Waals surface area contributed by atoms with Gasteiger partial charge in [0, 0.05) is 94.0 Å². The molecule has 87 heavy (non-hydrogen) atoms. The van der Waals surface area contributed by atoms with Crippen molar-refractivity contribution >= 4 is 95.5 Å². The molecular weight excluding hydrogens is 1300 g/mol. The number of aliphatic imine (C=N–C) groups is 2. The van der Waals surface area contributed by atoms with E-state index in [0.717, 1.165) is 17.7 Å². The second kappa shape index (κ2) is 31.3. The number of esters is 2. The lowest BCUT2D eigenvalue weighted by atomic mass is 9.95. The van der Waals surface area contributed by atoms with Gasteiger partial charge in [-0.25, -0.2) is 37.1 Å². The molecule has 6 aromatic rings. The van der Waals surface area contributed by atoms with Crippen LogP contribution in [0.5, 0.6) is 0 Å². The number of anilines is 1. The Hall–Kier alpha value is -6.98. The number of Topliss-reactive ketones (excluding diaryl/α,β-unsaturated/α-hetero) is 1. The number of aliphatic hydroxyl groups excluding tert-OH is 1. The van der Waals surface area contributed by atoms with Gasteiger partial charge in [-0.3, -0.25) is 19.6 Å². The summed E-state index contributed by atoms with van der Waals surface area (Å²) in [5.41, 5.74) is 4.21. The Labute approximate surface area is 525 Å². The summed E-state index contributed by atoms with van der Waals surface area (Å²) in [7, 11) is 1.62. The van der Waals surface area contributed by atoms with E-state index in [2.05, 4.69) is 78.6 Å². The summed E-state index contributed by atoms with van der Waals surface area (Å²) < 4.78 is 69.8. The number of carbonyl (C=O) groups excluding carboxylic acids is 4. The van der Waals surface area contributed by atoms with Crippen molar-refractivity contribution in [3.63, 3.8) is 0 Å². The second-order valence-corrected chi connectivity index (χ2v) is 23.7. The fourth-order valence-electron chi connectivity index (χ4n) is 10.2. The van der Waals surface area contributed by atoms with Crippen LogP contribution in [0.4, 0.5) is 23.2 Å². The molecule has 2 aliphatic heterocycles. The highest BCUT2D eigenvalue weighted by Crippen LogP contribution is 2.37. The summed E-state index contributed by atoms with van der Waals surface area (Å²) in [6.45, 7) is 10.2. The summed E-state index contributed by atoms with van der Waals surface area (Å²) in [5, 5.41) is 35.2. The molecule has 0 aliphatic carbocycles. The topological polar surface area (TPSA) is 238 Å². The number of ketones is 1. The molecule has 1 amide bonds. The van der Waals surface area contributed by atoms with E-state index in [1.807, 2.05) is 10.8 Å². The average Bonchev–Trinajstić information content (AvgIpc) is 2.01. The van der Waals surface area contributed by atoms with Gasteiger partial charge in [0.1, 0.15) is 17.7 Å². The van der Waals surface area contributed by atoms with E-state index in [1.54, 1.807) is 63.8 Å². The number of hydrogen-bond acceptors (Lipinski definition) is 19. The van der Waals surface area contributed by atoms with Crippen molar-refractivity contribution in [2.45, 2.75) is 71.7 Å². The molecule has 462 valence electrons. The zero-order valence-corrected chi connectivity index (χ0v) is 53.1. The molecule has 27 heteroatoms. The number of nitrogens with one attached hydrogen (secondary N) is 6. The third kappa shape index (κ3) is 16.8. The van der Waals surface area contributed by atoms with Gasteiger partial charge < -0.3 is 55.9 Å². The van der Waals surface area contributed by atoms with Crippen LogP contribution in [0, 0.1) is 37.1 Å². The van der Waals surface area contributed by atoms with E-state index in [4.69, 9.17) is 19.5 Å². The van der Waals surface area contributed by atoms with Gasteiger partial charge in [-0.05, 0) is 133 Å². The first-order valence-corrected chi connectivity index (χ1v) is 31.4. The van der Waals surface area contributed by atoms with Crippen molar-refractivity contribution in [1.29, 1.82) is 0 Å². The van der Waals surface area contributed by atoms with Crippen molar-refractivity contribution < 1.29 is 51.3 Å². The monoisotopic (exact) mass is 1360 g/mol. The van der Waals surface area contributed by atoms with Gasteiger partial charge in [-0.1, -0.05) is 44.0 Å². The predicted molar refractivity (Wildman–Crippen MR) is 333 cm³/mol. The Morgan fingerprint density at radius 1 is 0.747 bits per heavy atom. The van der Waals surface area contributed by atoms with Gasteiger partial charge in [-0.2, -0.15) is 0 Å². The molecule has 0 fully saturated rings. The summed E-state index contributed by atoms with van der Waals surface area (Å²) >= 11 is 9.72. The largest absolute Gasteiger partial charge is 0.463 e. The van der Waals surface area contributed by atoms with Gasteiger partial charge in [0.2, 0.25) is 0 Å². The van der Waals surface area contributed by atoms with E-state index < -0.39 is 65.2 Å². The maximum atomic E-state index is 14.4. The van der Waals surface area contributed by atoms with Crippen molar-refractivity contribution in [2.24, 2.45) is 17.0 Å². The second-order valence-electron chi connectivity index (χ2n) is 20.2. The highest BCUT2D eigenvalue weighted by Gasteiger charge is 2.36. The van der Waals surface area contributed by atoms with Crippen LogP contribution in [0.2, 0.25) is 0 Å². The van der Waals surface area contributed by atoms with Gasteiger partial charge in [0.15, 0.2) is 39.5 Å². The molecule has 5 heterocycles. The average molecular weight is 1370 g/mol. The number of thiazole rings is 2. The minimum absolute atomic E-state index is 0.104. The molecule has 3 unspecified atom stereocenters. The van der Waals surface area contributed by atoms with Crippen molar-refractivity contribution in [3.8, 4) is 0 Å². The van der Waals surface area contributed by atoms with Crippen LogP contribution in [0.1, 0.15) is 93.8 Å². The number of carbonyl (C=O) groups is 4. The zero-order valence-electron chi connectivity index (χ0n) is 48.3. The molecular formula is C60H66Br2F4N12O7S2. The lowest BCUT2D eigenvalue weighted by Gasteiger charge is -2.28. The number of aliphatic hydroxyl groups is 1. The molecule has 0 saturated heterocycles. The number of ether oxygens (including phenoxy) is 2. The van der Waals surface area contributed by atoms with Crippen molar-refractivity contribution in [1.82, 2.24) is 46.0 Å². The normalized spacial score (nSPS) is 15.4. The van der Waals surface area contributed by atoms with Crippen LogP contribution in [0.15, 0.2) is 119 Å². The number of hydrogen-bond donors (Lipinski definition) is 7. The molecule has 3 atom stereocenters. The Balaban J connectivity index is 0.950. The third-order valence-corrected chi connectivity index (χ3v) is 17.4. The number of nitrogens with zero attached hydrogens (tertiary/aromatic N) is 6. The highest BCUT2D eigenvalue weighted by molar-refractivity contribution is 9.10. The molecule has 8 rings (SSSR count). The lowest BCUT2D eigenvalue weighted by molar-refractivity contribution is -0.139. The molecule has 3 aromatic carbocycles. The first-order valence-electron chi connectivity index (χ1n) is 28.1. The minimum atomic E-state index is -1.43. The first kappa shape index (κ1) is 66.0. The minimum Gasteiger partial charge on any atom is -0.463 e. The Kier molecular flexibility index (Phi) is 23.7. The molecule has 0 saturated carbocycles. The molecule has 0 bridgehead atoms. The summed E-state index contributed by atoms with van der Waals surface area (Å²) in [6, 6.07) is 10.2. The van der Waals surface area contributed by atoms with E-state index in [1.165, 1.54) is 53.0 Å². The molecule has 7 N–H and O–H groups in total. The fourth-order valence-corrected chi connectivity index (χ4v) is 12.5. The number of halogens is 6. The van der Waals surface area contributed by atoms with Crippen LogP contribution in [-0.2, 0) is 37.3 Å². The van der Waals surface area contributed by atoms with E-state index in [-0.39, 0.29) is 61.8 Å². The Bertz CT molecular complexity index is 3580. The van der Waals surface area contributed by atoms with Gasteiger partial charge in [0.25, 0.3) is 11.7 Å². The first-order chi connectivity index (χ1) is 41.9. The van der Waals surface area contributed by atoms with Gasteiger partial charge in [-0.15, -0.1) is 22.7 Å². The molecule has 0 spiro atoms. The Morgan fingerprint density at radius 3 is 1.90 bits per heavy atom. The lowest BCUT2D eigenvalue weighted by Crippen LogP contribution is -2.41. The number of rotatable bonds is 30. The van der Waals surface area contributed by atoms with E-state index in [9.17, 15) is 41.8 Å². The highest BCUT2D eigenvalue weighted by atomic mass is 79.9.